The van der Waals surface area contributed by atoms with Crippen molar-refractivity contribution < 1.29 is 23.8 Å². The molecule has 0 spiro atoms. The zero-order valence-electron chi connectivity index (χ0n) is 17.5. The predicted octanol–water partition coefficient (Wildman–Crippen LogP) is 4.25. The minimum absolute atomic E-state index is 0.189. The molecule has 0 aliphatic carbocycles. The van der Waals surface area contributed by atoms with Crippen LogP contribution in [0.2, 0.25) is 5.02 Å². The van der Waals surface area contributed by atoms with E-state index >= 15 is 0 Å². The van der Waals surface area contributed by atoms with Crippen molar-refractivity contribution in [2.24, 2.45) is 0 Å². The first kappa shape index (κ1) is 21.3. The zero-order chi connectivity index (χ0) is 22.9. The van der Waals surface area contributed by atoms with Gasteiger partial charge < -0.3 is 19.5 Å². The van der Waals surface area contributed by atoms with Gasteiger partial charge in [-0.05, 0) is 42.8 Å². The molecule has 33 heavy (non-hydrogen) atoms. The van der Waals surface area contributed by atoms with Gasteiger partial charge in [0.1, 0.15) is 9.71 Å². The smallest absolute Gasteiger partial charge is 0.348 e. The number of amides is 1. The number of nitrogens with zero attached hydrogens (tertiary/aromatic N) is 2. The van der Waals surface area contributed by atoms with E-state index in [9.17, 15) is 9.59 Å². The summed E-state index contributed by atoms with van der Waals surface area (Å²) in [7, 11) is 0. The maximum absolute atomic E-state index is 12.6. The van der Waals surface area contributed by atoms with E-state index in [4.69, 9.17) is 25.8 Å². The topological polar surface area (TPSA) is 91.7 Å². The number of rotatable bonds is 6. The van der Waals surface area contributed by atoms with E-state index < -0.39 is 11.9 Å². The Morgan fingerprint density at radius 2 is 2.00 bits per heavy atom. The molecule has 0 fully saturated rings. The van der Waals surface area contributed by atoms with Gasteiger partial charge in [0.05, 0.1) is 16.4 Å². The number of halogens is 1. The summed E-state index contributed by atoms with van der Waals surface area (Å²) in [5.74, 6) is 0.346. The third-order valence-electron chi connectivity index (χ3n) is 5.09. The number of thiophene rings is 1. The number of carbonyl (C=O) groups excluding carboxylic acids is 2. The van der Waals surface area contributed by atoms with Crippen LogP contribution >= 0.6 is 22.9 Å². The fourth-order valence-electron chi connectivity index (χ4n) is 3.44. The van der Waals surface area contributed by atoms with Crippen molar-refractivity contribution in [3.8, 4) is 17.2 Å². The van der Waals surface area contributed by atoms with Crippen LogP contribution in [0.25, 0.3) is 15.9 Å². The van der Waals surface area contributed by atoms with Crippen LogP contribution in [0.5, 0.6) is 11.5 Å². The van der Waals surface area contributed by atoms with E-state index in [1.54, 1.807) is 28.9 Å². The van der Waals surface area contributed by atoms with Crippen LogP contribution in [-0.4, -0.2) is 35.1 Å². The number of hydrogen-bond donors (Lipinski definition) is 1. The molecule has 4 aromatic rings. The lowest BCUT2D eigenvalue weighted by molar-refractivity contribution is -0.124. The molecule has 0 saturated heterocycles. The number of fused-ring (bicyclic) bond motifs is 2. The molecule has 10 heteroatoms. The molecule has 2 aromatic heterocycles. The molecule has 0 bridgehead atoms. The first-order valence-electron chi connectivity index (χ1n) is 10.1. The second-order valence-electron chi connectivity index (χ2n) is 7.32. The van der Waals surface area contributed by atoms with Crippen LogP contribution < -0.4 is 14.8 Å². The summed E-state index contributed by atoms with van der Waals surface area (Å²) in [5.41, 5.74) is 2.34. The monoisotopic (exact) mass is 483 g/mol. The van der Waals surface area contributed by atoms with E-state index in [1.807, 2.05) is 31.2 Å². The minimum atomic E-state index is -0.570. The first-order chi connectivity index (χ1) is 16.0. The molecule has 5 rings (SSSR count). The van der Waals surface area contributed by atoms with E-state index in [0.29, 0.717) is 21.4 Å². The van der Waals surface area contributed by atoms with Crippen LogP contribution in [-0.2, 0) is 16.1 Å². The van der Waals surface area contributed by atoms with Crippen molar-refractivity contribution in [2.75, 3.05) is 13.4 Å². The molecule has 168 valence electrons. The number of esters is 1. The van der Waals surface area contributed by atoms with E-state index in [0.717, 1.165) is 27.2 Å². The normalized spacial score (nSPS) is 12.2. The maximum atomic E-state index is 12.6. The number of carbonyl (C=O) groups is 2. The third kappa shape index (κ3) is 4.24. The number of nitrogens with one attached hydrogen (secondary N) is 1. The van der Waals surface area contributed by atoms with Gasteiger partial charge in [-0.15, -0.1) is 11.3 Å². The number of ether oxygens (including phenoxy) is 3. The Balaban J connectivity index is 1.23. The van der Waals surface area contributed by atoms with Gasteiger partial charge in [-0.25, -0.2) is 9.48 Å². The van der Waals surface area contributed by atoms with Crippen molar-refractivity contribution in [1.82, 2.24) is 15.1 Å². The summed E-state index contributed by atoms with van der Waals surface area (Å²) >= 11 is 7.56. The number of para-hydroxylation sites is 1. The van der Waals surface area contributed by atoms with Gasteiger partial charge in [0, 0.05) is 11.9 Å². The fraction of sp³-hybridized carbons (Fsp3) is 0.174. The van der Waals surface area contributed by atoms with Crippen molar-refractivity contribution in [3.05, 3.63) is 69.7 Å². The predicted molar refractivity (Wildman–Crippen MR) is 123 cm³/mol. The molecule has 0 unspecified atom stereocenters. The molecule has 0 radical (unpaired) electrons. The molecule has 1 amide bonds. The molecule has 1 aliphatic rings. The van der Waals surface area contributed by atoms with Crippen LogP contribution in [0, 0.1) is 6.92 Å². The van der Waals surface area contributed by atoms with E-state index in [2.05, 4.69) is 10.4 Å². The highest BCUT2D eigenvalue weighted by Crippen LogP contribution is 2.33. The molecule has 8 nitrogen and oxygen atoms in total. The lowest BCUT2D eigenvalue weighted by Gasteiger charge is -2.07. The van der Waals surface area contributed by atoms with Gasteiger partial charge in [0.2, 0.25) is 6.79 Å². The average Bonchev–Trinajstić information content (AvgIpc) is 3.53. The first-order valence-corrected chi connectivity index (χ1v) is 11.3. The average molecular weight is 484 g/mol. The highest BCUT2D eigenvalue weighted by atomic mass is 35.5. The van der Waals surface area contributed by atoms with Crippen LogP contribution in [0.3, 0.4) is 0 Å². The SMILES string of the molecule is Cc1nn(-c2ccccc2Cl)c2sc(C(=O)OCC(=O)NCc3ccc4c(c3)OCO4)cc12. The summed E-state index contributed by atoms with van der Waals surface area (Å²) in [6, 6.07) is 14.5. The Bertz CT molecular complexity index is 1380. The molecule has 3 heterocycles. The maximum Gasteiger partial charge on any atom is 0.348 e. The zero-order valence-corrected chi connectivity index (χ0v) is 19.0. The second kappa shape index (κ2) is 8.76. The Kier molecular flexibility index (Phi) is 5.65. The molecular formula is C23H18ClN3O5S. The van der Waals surface area contributed by atoms with Gasteiger partial charge in [-0.2, -0.15) is 5.10 Å². The van der Waals surface area contributed by atoms with E-state index in [1.165, 1.54) is 11.3 Å². The largest absolute Gasteiger partial charge is 0.454 e. The number of benzene rings is 2. The molecular weight excluding hydrogens is 466 g/mol. The third-order valence-corrected chi connectivity index (χ3v) is 6.50. The number of aryl methyl sites for hydroxylation is 1. The number of hydrogen-bond acceptors (Lipinski definition) is 7. The molecule has 1 aliphatic heterocycles. The van der Waals surface area contributed by atoms with Gasteiger partial charge >= 0.3 is 5.97 Å². The van der Waals surface area contributed by atoms with E-state index in [-0.39, 0.29) is 19.9 Å². The second-order valence-corrected chi connectivity index (χ2v) is 8.76. The Hall–Kier alpha value is -3.56. The van der Waals surface area contributed by atoms with Crippen molar-refractivity contribution >= 4 is 45.0 Å². The highest BCUT2D eigenvalue weighted by Gasteiger charge is 2.20. The Morgan fingerprint density at radius 1 is 1.18 bits per heavy atom. The molecule has 1 N–H and O–H groups in total. The summed E-state index contributed by atoms with van der Waals surface area (Å²) < 4.78 is 17.5. The molecule has 2 aromatic carbocycles. The number of aromatic nitrogens is 2. The molecule has 0 saturated carbocycles. The van der Waals surface area contributed by atoms with Gasteiger partial charge in [0.25, 0.3) is 5.91 Å². The van der Waals surface area contributed by atoms with Crippen molar-refractivity contribution in [3.63, 3.8) is 0 Å². The van der Waals surface area contributed by atoms with Gasteiger partial charge in [-0.3, -0.25) is 4.79 Å². The summed E-state index contributed by atoms with van der Waals surface area (Å²) in [4.78, 5) is 25.9. The lowest BCUT2D eigenvalue weighted by atomic mass is 10.2. The summed E-state index contributed by atoms with van der Waals surface area (Å²) in [6.07, 6.45) is 0. The Labute approximate surface area is 197 Å². The Morgan fingerprint density at radius 3 is 2.85 bits per heavy atom. The summed E-state index contributed by atoms with van der Waals surface area (Å²) in [5, 5.41) is 8.65. The quantitative estimate of drug-likeness (QED) is 0.412. The fourth-order valence-corrected chi connectivity index (χ4v) is 4.72. The van der Waals surface area contributed by atoms with Crippen LogP contribution in [0.15, 0.2) is 48.5 Å². The van der Waals surface area contributed by atoms with Crippen molar-refractivity contribution in [1.29, 1.82) is 0 Å². The van der Waals surface area contributed by atoms with Crippen LogP contribution in [0.1, 0.15) is 20.9 Å². The summed E-state index contributed by atoms with van der Waals surface area (Å²) in [6.45, 7) is 1.95. The van der Waals surface area contributed by atoms with Crippen molar-refractivity contribution in [2.45, 2.75) is 13.5 Å². The highest BCUT2D eigenvalue weighted by molar-refractivity contribution is 7.20. The molecule has 0 atom stereocenters. The van der Waals surface area contributed by atoms with Gasteiger partial charge in [0.15, 0.2) is 18.1 Å². The van der Waals surface area contributed by atoms with Crippen LogP contribution in [0.4, 0.5) is 0 Å². The van der Waals surface area contributed by atoms with Gasteiger partial charge in [-0.1, -0.05) is 29.8 Å². The standard InChI is InChI=1S/C23H18ClN3O5S/c1-13-15-9-20(33-22(15)27(26-13)17-5-3-2-4-16(17)24)23(29)30-11-21(28)25-10-14-6-7-18-19(8-14)32-12-31-18/h2-9H,10-12H2,1H3,(H,25,28). The lowest BCUT2D eigenvalue weighted by Crippen LogP contribution is -2.28. The minimum Gasteiger partial charge on any atom is -0.454 e.